The Morgan fingerprint density at radius 2 is 1.96 bits per heavy atom. The SMILES string of the molecule is CN=C(NCCn1cc(C)cn1)NCC1CCN(S(=O)(=O)C(F)(F)F)CC1.I. The summed E-state index contributed by atoms with van der Waals surface area (Å²) in [4.78, 5) is 4.11. The number of nitrogens with one attached hydrogen (secondary N) is 2. The lowest BCUT2D eigenvalue weighted by atomic mass is 9.98. The maximum absolute atomic E-state index is 12.6. The molecule has 1 aromatic heterocycles. The Bertz CT molecular complexity index is 745. The molecule has 1 aromatic rings. The van der Waals surface area contributed by atoms with Crippen molar-refractivity contribution >= 4 is 40.0 Å². The standard InChI is InChI=1S/C15H25F3N6O2S.HI/c1-12-9-22-23(11-12)8-5-20-14(19-2)21-10-13-3-6-24(7-4-13)27(25,26)15(16,17)18;/h9,11,13H,3-8,10H2,1-2H3,(H2,19,20,21);1H. The van der Waals surface area contributed by atoms with Crippen LogP contribution in [0, 0.1) is 12.8 Å². The van der Waals surface area contributed by atoms with Crippen molar-refractivity contribution in [2.24, 2.45) is 10.9 Å². The molecular formula is C15H26F3IN6O2S. The van der Waals surface area contributed by atoms with Crippen LogP contribution < -0.4 is 10.6 Å². The van der Waals surface area contributed by atoms with Crippen molar-refractivity contribution in [3.8, 4) is 0 Å². The van der Waals surface area contributed by atoms with E-state index in [2.05, 4.69) is 20.7 Å². The van der Waals surface area contributed by atoms with Crippen molar-refractivity contribution in [3.63, 3.8) is 0 Å². The van der Waals surface area contributed by atoms with E-state index in [9.17, 15) is 21.6 Å². The Morgan fingerprint density at radius 1 is 1.32 bits per heavy atom. The van der Waals surface area contributed by atoms with Crippen molar-refractivity contribution in [1.29, 1.82) is 0 Å². The van der Waals surface area contributed by atoms with Crippen LogP contribution in [0.15, 0.2) is 17.4 Å². The summed E-state index contributed by atoms with van der Waals surface area (Å²) in [5.74, 6) is 0.668. The van der Waals surface area contributed by atoms with E-state index in [0.717, 1.165) is 5.56 Å². The Hall–Kier alpha value is -1.09. The smallest absolute Gasteiger partial charge is 0.356 e. The van der Waals surface area contributed by atoms with Gasteiger partial charge in [-0.3, -0.25) is 9.67 Å². The predicted octanol–water partition coefficient (Wildman–Crippen LogP) is 1.54. The number of nitrogens with zero attached hydrogens (tertiary/aromatic N) is 4. The number of aliphatic imine (C=N–C) groups is 1. The van der Waals surface area contributed by atoms with Gasteiger partial charge in [-0.2, -0.15) is 22.6 Å². The Morgan fingerprint density at radius 3 is 2.46 bits per heavy atom. The van der Waals surface area contributed by atoms with Gasteiger partial charge < -0.3 is 10.6 Å². The van der Waals surface area contributed by atoms with Crippen molar-refractivity contribution in [2.75, 3.05) is 33.2 Å². The molecule has 0 aromatic carbocycles. The van der Waals surface area contributed by atoms with E-state index in [1.807, 2.05) is 17.8 Å². The fraction of sp³-hybridized carbons (Fsp3) is 0.733. The zero-order valence-corrected chi connectivity index (χ0v) is 18.9. The molecule has 2 N–H and O–H groups in total. The number of alkyl halides is 3. The number of hydrogen-bond acceptors (Lipinski definition) is 4. The molecule has 8 nitrogen and oxygen atoms in total. The topological polar surface area (TPSA) is 91.6 Å². The number of rotatable bonds is 6. The van der Waals surface area contributed by atoms with Crippen LogP contribution in [0.3, 0.4) is 0 Å². The third-order valence-corrected chi connectivity index (χ3v) is 6.01. The van der Waals surface area contributed by atoms with Gasteiger partial charge in [-0.15, -0.1) is 24.0 Å². The van der Waals surface area contributed by atoms with Gasteiger partial charge in [0.1, 0.15) is 0 Å². The monoisotopic (exact) mass is 538 g/mol. The van der Waals surface area contributed by atoms with Gasteiger partial charge in [0.05, 0.1) is 12.7 Å². The second kappa shape index (κ2) is 10.6. The first-order valence-corrected chi connectivity index (χ1v) is 10.1. The fourth-order valence-corrected chi connectivity index (χ4v) is 3.82. The molecule has 0 radical (unpaired) electrons. The van der Waals surface area contributed by atoms with Crippen LogP contribution in [-0.2, 0) is 16.6 Å². The lowest BCUT2D eigenvalue weighted by molar-refractivity contribution is -0.0496. The van der Waals surface area contributed by atoms with E-state index in [-0.39, 0.29) is 43.0 Å². The van der Waals surface area contributed by atoms with Crippen LogP contribution in [0.1, 0.15) is 18.4 Å². The van der Waals surface area contributed by atoms with Gasteiger partial charge in [-0.1, -0.05) is 0 Å². The average Bonchev–Trinajstić information content (AvgIpc) is 3.02. The van der Waals surface area contributed by atoms with Crippen molar-refractivity contribution in [2.45, 2.75) is 31.8 Å². The lowest BCUT2D eigenvalue weighted by Crippen LogP contribution is -2.47. The van der Waals surface area contributed by atoms with Crippen LogP contribution in [0.2, 0.25) is 0 Å². The molecule has 1 saturated heterocycles. The number of piperidine rings is 1. The van der Waals surface area contributed by atoms with E-state index in [1.54, 1.807) is 13.2 Å². The van der Waals surface area contributed by atoms with Gasteiger partial charge in [0.25, 0.3) is 0 Å². The third kappa shape index (κ3) is 6.76. The average molecular weight is 538 g/mol. The quantitative estimate of drug-likeness (QED) is 0.326. The van der Waals surface area contributed by atoms with Crippen molar-refractivity contribution < 1.29 is 21.6 Å². The van der Waals surface area contributed by atoms with Crippen LogP contribution >= 0.6 is 24.0 Å². The summed E-state index contributed by atoms with van der Waals surface area (Å²) in [7, 11) is -3.60. The van der Waals surface area contributed by atoms with Crippen LogP contribution in [0.4, 0.5) is 13.2 Å². The molecule has 0 bridgehead atoms. The summed E-state index contributed by atoms with van der Waals surface area (Å²) in [5.41, 5.74) is -4.16. The first-order valence-electron chi connectivity index (χ1n) is 8.63. The van der Waals surface area contributed by atoms with Gasteiger partial charge in [0.2, 0.25) is 0 Å². The van der Waals surface area contributed by atoms with Crippen molar-refractivity contribution in [3.05, 3.63) is 18.0 Å². The summed E-state index contributed by atoms with van der Waals surface area (Å²) in [6.45, 7) is 3.51. The van der Waals surface area contributed by atoms with E-state index >= 15 is 0 Å². The van der Waals surface area contributed by atoms with Crippen LogP contribution in [0.25, 0.3) is 0 Å². The first kappa shape index (κ1) is 24.9. The molecule has 0 atom stereocenters. The van der Waals surface area contributed by atoms with Gasteiger partial charge in [-0.05, 0) is 31.2 Å². The summed E-state index contributed by atoms with van der Waals surface area (Å²) in [6.07, 6.45) is 4.44. The molecule has 2 rings (SSSR count). The second-order valence-electron chi connectivity index (χ2n) is 6.45. The Labute approximate surface area is 180 Å². The molecule has 0 saturated carbocycles. The van der Waals surface area contributed by atoms with Crippen LogP contribution in [-0.4, -0.2) is 67.2 Å². The number of halogens is 4. The number of aromatic nitrogens is 2. The minimum Gasteiger partial charge on any atom is -0.356 e. The minimum absolute atomic E-state index is 0. The fourth-order valence-electron chi connectivity index (χ4n) is 2.84. The molecule has 28 heavy (non-hydrogen) atoms. The van der Waals surface area contributed by atoms with Crippen LogP contribution in [0.5, 0.6) is 0 Å². The van der Waals surface area contributed by atoms with Crippen molar-refractivity contribution in [1.82, 2.24) is 24.7 Å². The summed E-state index contributed by atoms with van der Waals surface area (Å²) in [6, 6.07) is 0. The Balaban J connectivity index is 0.00000392. The zero-order chi connectivity index (χ0) is 20.1. The molecule has 162 valence electrons. The first-order chi connectivity index (χ1) is 12.6. The van der Waals surface area contributed by atoms with Gasteiger partial charge in [0, 0.05) is 39.4 Å². The maximum atomic E-state index is 12.6. The van der Waals surface area contributed by atoms with Gasteiger partial charge in [-0.25, -0.2) is 8.42 Å². The number of guanidine groups is 1. The largest absolute Gasteiger partial charge is 0.511 e. The maximum Gasteiger partial charge on any atom is 0.511 e. The van der Waals surface area contributed by atoms with E-state index in [1.165, 1.54) is 0 Å². The molecule has 1 aliphatic heterocycles. The van der Waals surface area contributed by atoms with Gasteiger partial charge in [0.15, 0.2) is 5.96 Å². The molecule has 2 heterocycles. The van der Waals surface area contributed by atoms with Gasteiger partial charge >= 0.3 is 15.5 Å². The molecule has 0 amide bonds. The highest BCUT2D eigenvalue weighted by atomic mass is 127. The van der Waals surface area contributed by atoms with E-state index in [4.69, 9.17) is 0 Å². The minimum atomic E-state index is -5.24. The molecular weight excluding hydrogens is 512 g/mol. The predicted molar refractivity (Wildman–Crippen MR) is 111 cm³/mol. The summed E-state index contributed by atoms with van der Waals surface area (Å²) >= 11 is 0. The third-order valence-electron chi connectivity index (χ3n) is 4.38. The zero-order valence-electron chi connectivity index (χ0n) is 15.7. The number of hydrogen-bond donors (Lipinski definition) is 2. The Kier molecular flexibility index (Phi) is 9.46. The van der Waals surface area contributed by atoms with E-state index < -0.39 is 15.5 Å². The normalized spacial score (nSPS) is 17.2. The highest BCUT2D eigenvalue weighted by Gasteiger charge is 2.50. The highest BCUT2D eigenvalue weighted by molar-refractivity contribution is 14.0. The van der Waals surface area contributed by atoms with E-state index in [0.29, 0.717) is 42.7 Å². The summed E-state index contributed by atoms with van der Waals surface area (Å²) < 4.78 is 62.9. The highest BCUT2D eigenvalue weighted by Crippen LogP contribution is 2.30. The molecule has 0 unspecified atom stereocenters. The molecule has 1 aliphatic rings. The summed E-state index contributed by atoms with van der Waals surface area (Å²) in [5, 5.41) is 10.5. The molecule has 1 fully saturated rings. The molecule has 13 heteroatoms. The molecule has 0 aliphatic carbocycles. The number of sulfonamides is 1. The second-order valence-corrected chi connectivity index (χ2v) is 8.38. The lowest BCUT2D eigenvalue weighted by Gasteiger charge is -2.31. The number of aryl methyl sites for hydroxylation is 1. The molecule has 0 spiro atoms.